The fraction of sp³-hybridized carbons (Fsp3) is 0.500. The van der Waals surface area contributed by atoms with E-state index < -0.39 is 12.0 Å². The van der Waals surface area contributed by atoms with Crippen LogP contribution in [0.5, 0.6) is 5.75 Å². The van der Waals surface area contributed by atoms with Gasteiger partial charge in [0, 0.05) is 6.42 Å². The third kappa shape index (κ3) is 5.10. The fourth-order valence-electron chi connectivity index (χ4n) is 2.07. The molecule has 0 radical (unpaired) electrons. The molecule has 0 bridgehead atoms. The van der Waals surface area contributed by atoms with Crippen LogP contribution < -0.4 is 10.1 Å². The molecule has 5 nitrogen and oxygen atoms in total. The lowest BCUT2D eigenvalue weighted by Gasteiger charge is -2.19. The summed E-state index contributed by atoms with van der Waals surface area (Å²) in [7, 11) is 1.60. The van der Waals surface area contributed by atoms with Crippen molar-refractivity contribution in [2.45, 2.75) is 39.2 Å². The number of aliphatic carboxylic acids is 1. The Balaban J connectivity index is 2.62. The van der Waals surface area contributed by atoms with Gasteiger partial charge in [-0.2, -0.15) is 0 Å². The maximum absolute atomic E-state index is 12.0. The second kappa shape index (κ2) is 7.67. The van der Waals surface area contributed by atoms with Crippen LogP contribution in [-0.4, -0.2) is 30.1 Å². The number of carbonyl (C=O) groups excluding carboxylic acids is 1. The van der Waals surface area contributed by atoms with Gasteiger partial charge in [-0.05, 0) is 29.5 Å². The van der Waals surface area contributed by atoms with Crippen LogP contribution in [0.2, 0.25) is 0 Å². The van der Waals surface area contributed by atoms with E-state index in [2.05, 4.69) is 5.32 Å². The van der Waals surface area contributed by atoms with Crippen LogP contribution in [0.15, 0.2) is 24.3 Å². The Bertz CT molecular complexity index is 482. The summed E-state index contributed by atoms with van der Waals surface area (Å²) in [5.41, 5.74) is 1.02. The number of ether oxygens (including phenoxy) is 1. The van der Waals surface area contributed by atoms with E-state index in [4.69, 9.17) is 9.84 Å². The predicted molar refractivity (Wildman–Crippen MR) is 80.4 cm³/mol. The topological polar surface area (TPSA) is 75.6 Å². The number of amides is 1. The van der Waals surface area contributed by atoms with Crippen LogP contribution >= 0.6 is 0 Å². The molecule has 21 heavy (non-hydrogen) atoms. The molecular weight excluding hydrogens is 270 g/mol. The first-order valence-corrected chi connectivity index (χ1v) is 7.01. The fourth-order valence-corrected chi connectivity index (χ4v) is 2.07. The van der Waals surface area contributed by atoms with Crippen LogP contribution in [0.1, 0.15) is 38.7 Å². The lowest BCUT2D eigenvalue weighted by molar-refractivity contribution is -0.143. The molecule has 0 aromatic heterocycles. The van der Waals surface area contributed by atoms with Crippen molar-refractivity contribution in [2.75, 3.05) is 7.11 Å². The van der Waals surface area contributed by atoms with Crippen LogP contribution in [-0.2, 0) is 9.59 Å². The van der Waals surface area contributed by atoms with Crippen molar-refractivity contribution in [1.82, 2.24) is 5.32 Å². The van der Waals surface area contributed by atoms with Crippen molar-refractivity contribution >= 4 is 11.9 Å². The quantitative estimate of drug-likeness (QED) is 0.809. The first kappa shape index (κ1) is 17.0. The van der Waals surface area contributed by atoms with Crippen LogP contribution in [0.4, 0.5) is 0 Å². The van der Waals surface area contributed by atoms with Crippen molar-refractivity contribution in [1.29, 1.82) is 0 Å². The van der Waals surface area contributed by atoms with Gasteiger partial charge in [0.1, 0.15) is 11.8 Å². The normalized spacial score (nSPS) is 13.6. The highest BCUT2D eigenvalue weighted by molar-refractivity contribution is 5.84. The number of hydrogen-bond acceptors (Lipinski definition) is 3. The third-order valence-corrected chi connectivity index (χ3v) is 3.43. The molecule has 1 rings (SSSR count). The summed E-state index contributed by atoms with van der Waals surface area (Å²) >= 11 is 0. The SMILES string of the molecule is COc1ccc(C(C)CC(=O)N[C@H](C(=O)O)C(C)C)cc1. The Hall–Kier alpha value is -2.04. The van der Waals surface area contributed by atoms with Crippen molar-refractivity contribution in [3.63, 3.8) is 0 Å². The smallest absolute Gasteiger partial charge is 0.326 e. The first-order valence-electron chi connectivity index (χ1n) is 7.01. The number of methoxy groups -OCH3 is 1. The summed E-state index contributed by atoms with van der Waals surface area (Å²) in [5, 5.41) is 11.6. The van der Waals surface area contributed by atoms with E-state index in [0.29, 0.717) is 0 Å². The molecule has 0 spiro atoms. The summed E-state index contributed by atoms with van der Waals surface area (Å²) in [6, 6.07) is 6.66. The van der Waals surface area contributed by atoms with E-state index in [-0.39, 0.29) is 24.2 Å². The molecule has 1 amide bonds. The zero-order chi connectivity index (χ0) is 16.0. The van der Waals surface area contributed by atoms with E-state index in [1.807, 2.05) is 31.2 Å². The molecule has 0 aliphatic heterocycles. The van der Waals surface area contributed by atoms with E-state index in [1.54, 1.807) is 21.0 Å². The number of hydrogen-bond donors (Lipinski definition) is 2. The molecule has 116 valence electrons. The summed E-state index contributed by atoms with van der Waals surface area (Å²) in [4.78, 5) is 23.0. The van der Waals surface area contributed by atoms with E-state index in [0.717, 1.165) is 11.3 Å². The van der Waals surface area contributed by atoms with E-state index >= 15 is 0 Å². The molecule has 2 atom stereocenters. The minimum Gasteiger partial charge on any atom is -0.497 e. The van der Waals surface area contributed by atoms with Gasteiger partial charge in [0.2, 0.25) is 5.91 Å². The highest BCUT2D eigenvalue weighted by Gasteiger charge is 2.24. The number of carbonyl (C=O) groups is 2. The Kier molecular flexibility index (Phi) is 6.21. The van der Waals surface area contributed by atoms with Crippen LogP contribution in [0.25, 0.3) is 0 Å². The minimum atomic E-state index is -1.00. The third-order valence-electron chi connectivity index (χ3n) is 3.43. The predicted octanol–water partition coefficient (Wildman–Crippen LogP) is 2.41. The van der Waals surface area contributed by atoms with Crippen molar-refractivity contribution in [3.05, 3.63) is 29.8 Å². The molecule has 0 fully saturated rings. The zero-order valence-electron chi connectivity index (χ0n) is 12.9. The van der Waals surface area contributed by atoms with Gasteiger partial charge in [0.25, 0.3) is 0 Å². The Morgan fingerprint density at radius 1 is 1.19 bits per heavy atom. The van der Waals surface area contributed by atoms with Crippen molar-refractivity contribution in [2.24, 2.45) is 5.92 Å². The van der Waals surface area contributed by atoms with Crippen LogP contribution in [0.3, 0.4) is 0 Å². The molecular formula is C16H23NO4. The lowest BCUT2D eigenvalue weighted by Crippen LogP contribution is -2.44. The molecule has 1 aromatic rings. The number of rotatable bonds is 7. The average Bonchev–Trinajstić information content (AvgIpc) is 2.44. The highest BCUT2D eigenvalue weighted by Crippen LogP contribution is 2.21. The van der Waals surface area contributed by atoms with Gasteiger partial charge >= 0.3 is 5.97 Å². The Morgan fingerprint density at radius 3 is 2.19 bits per heavy atom. The second-order valence-corrected chi connectivity index (χ2v) is 5.51. The minimum absolute atomic E-state index is 0.0116. The van der Waals surface area contributed by atoms with Gasteiger partial charge in [-0.3, -0.25) is 4.79 Å². The molecule has 0 saturated carbocycles. The molecule has 5 heteroatoms. The molecule has 0 heterocycles. The summed E-state index contributed by atoms with van der Waals surface area (Å²) in [6.07, 6.45) is 0.253. The van der Waals surface area contributed by atoms with Gasteiger partial charge in [-0.25, -0.2) is 4.79 Å². The van der Waals surface area contributed by atoms with E-state index in [9.17, 15) is 9.59 Å². The van der Waals surface area contributed by atoms with Gasteiger partial charge in [-0.15, -0.1) is 0 Å². The van der Waals surface area contributed by atoms with Crippen LogP contribution in [0, 0.1) is 5.92 Å². The lowest BCUT2D eigenvalue weighted by atomic mass is 9.96. The standard InChI is InChI=1S/C16H23NO4/c1-10(2)15(16(19)20)17-14(18)9-11(3)12-5-7-13(21-4)8-6-12/h5-8,10-11,15H,9H2,1-4H3,(H,17,18)(H,19,20)/t11?,15-/m0/s1. The molecule has 1 aromatic carbocycles. The van der Waals surface area contributed by atoms with Crippen molar-refractivity contribution < 1.29 is 19.4 Å². The summed E-state index contributed by atoms with van der Waals surface area (Å²) in [6.45, 7) is 5.48. The molecule has 1 unspecified atom stereocenters. The monoisotopic (exact) mass is 293 g/mol. The molecule has 2 N–H and O–H groups in total. The largest absolute Gasteiger partial charge is 0.497 e. The van der Waals surface area contributed by atoms with Gasteiger partial charge in [-0.1, -0.05) is 32.9 Å². The maximum atomic E-state index is 12.0. The Labute approximate surface area is 125 Å². The number of nitrogens with one attached hydrogen (secondary N) is 1. The number of carboxylic acid groups (broad SMARTS) is 1. The van der Waals surface area contributed by atoms with E-state index in [1.165, 1.54) is 0 Å². The Morgan fingerprint density at radius 2 is 1.76 bits per heavy atom. The number of carboxylic acids is 1. The summed E-state index contributed by atoms with van der Waals surface area (Å²) in [5.74, 6) is -0.628. The average molecular weight is 293 g/mol. The molecule has 0 saturated heterocycles. The molecule has 0 aliphatic rings. The summed E-state index contributed by atoms with van der Waals surface area (Å²) < 4.78 is 5.09. The number of benzene rings is 1. The zero-order valence-corrected chi connectivity index (χ0v) is 12.9. The molecule has 0 aliphatic carbocycles. The van der Waals surface area contributed by atoms with Gasteiger partial charge < -0.3 is 15.2 Å². The maximum Gasteiger partial charge on any atom is 0.326 e. The van der Waals surface area contributed by atoms with Crippen molar-refractivity contribution in [3.8, 4) is 5.75 Å². The second-order valence-electron chi connectivity index (χ2n) is 5.51. The highest BCUT2D eigenvalue weighted by atomic mass is 16.5. The first-order chi connectivity index (χ1) is 9.85. The van der Waals surface area contributed by atoms with Gasteiger partial charge in [0.15, 0.2) is 0 Å². The van der Waals surface area contributed by atoms with Gasteiger partial charge in [0.05, 0.1) is 7.11 Å².